The zero-order valence-electron chi connectivity index (χ0n) is 12.5. The minimum Gasteiger partial charge on any atom is -0.492 e. The highest BCUT2D eigenvalue weighted by molar-refractivity contribution is 5.85. The van der Waals surface area contributed by atoms with Crippen LogP contribution in [-0.2, 0) is 6.61 Å². The summed E-state index contributed by atoms with van der Waals surface area (Å²) in [6, 6.07) is 18.5. The first-order valence-corrected chi connectivity index (χ1v) is 7.53. The van der Waals surface area contributed by atoms with Crippen LogP contribution in [0.15, 0.2) is 54.6 Å². The van der Waals surface area contributed by atoms with E-state index in [0.717, 1.165) is 24.7 Å². The van der Waals surface area contributed by atoms with E-state index < -0.39 is 0 Å². The number of ether oxygens (including phenoxy) is 2. The standard InChI is InChI=1S/C18H21NO2.ClH/c1-2-5-15(6-3-1)13-20-17-8-10-18(11-9-17)21-14-16-7-4-12-19-16;/h1-3,5-6,8-11,16,19H,4,7,12-14H2;1H. The Morgan fingerprint density at radius 1 is 0.909 bits per heavy atom. The summed E-state index contributed by atoms with van der Waals surface area (Å²) in [6.07, 6.45) is 2.46. The van der Waals surface area contributed by atoms with Crippen molar-refractivity contribution in [1.29, 1.82) is 0 Å². The molecule has 0 amide bonds. The maximum Gasteiger partial charge on any atom is 0.120 e. The number of hydrogen-bond acceptors (Lipinski definition) is 3. The fraction of sp³-hybridized carbons (Fsp3) is 0.333. The molecule has 1 aliphatic heterocycles. The van der Waals surface area contributed by atoms with Crippen LogP contribution in [0.2, 0.25) is 0 Å². The van der Waals surface area contributed by atoms with Crippen LogP contribution in [0.25, 0.3) is 0 Å². The Kier molecular flexibility index (Phi) is 6.56. The topological polar surface area (TPSA) is 30.5 Å². The van der Waals surface area contributed by atoms with Crippen LogP contribution in [0, 0.1) is 0 Å². The third-order valence-corrected chi connectivity index (χ3v) is 3.69. The largest absolute Gasteiger partial charge is 0.492 e. The smallest absolute Gasteiger partial charge is 0.120 e. The van der Waals surface area contributed by atoms with Gasteiger partial charge in [-0.1, -0.05) is 30.3 Å². The van der Waals surface area contributed by atoms with Gasteiger partial charge in [0.2, 0.25) is 0 Å². The van der Waals surface area contributed by atoms with Gasteiger partial charge >= 0.3 is 0 Å². The van der Waals surface area contributed by atoms with Crippen LogP contribution >= 0.6 is 12.4 Å². The van der Waals surface area contributed by atoms with Crippen molar-refractivity contribution in [3.8, 4) is 11.5 Å². The molecule has 1 N–H and O–H groups in total. The molecule has 0 spiro atoms. The molecule has 0 aromatic heterocycles. The Hall–Kier alpha value is -1.71. The second kappa shape index (κ2) is 8.66. The monoisotopic (exact) mass is 319 g/mol. The lowest BCUT2D eigenvalue weighted by atomic mass is 10.2. The van der Waals surface area contributed by atoms with Gasteiger partial charge in [-0.15, -0.1) is 12.4 Å². The third kappa shape index (κ3) is 4.93. The van der Waals surface area contributed by atoms with Gasteiger partial charge in [-0.2, -0.15) is 0 Å². The second-order valence-corrected chi connectivity index (χ2v) is 5.35. The molecule has 118 valence electrons. The second-order valence-electron chi connectivity index (χ2n) is 5.35. The molecule has 1 saturated heterocycles. The van der Waals surface area contributed by atoms with Gasteiger partial charge in [0.05, 0.1) is 0 Å². The minimum absolute atomic E-state index is 0. The van der Waals surface area contributed by atoms with Gasteiger partial charge in [-0.3, -0.25) is 0 Å². The van der Waals surface area contributed by atoms with Gasteiger partial charge in [0.15, 0.2) is 0 Å². The van der Waals surface area contributed by atoms with Crippen LogP contribution in [-0.4, -0.2) is 19.2 Å². The summed E-state index contributed by atoms with van der Waals surface area (Å²) in [5.41, 5.74) is 1.17. The van der Waals surface area contributed by atoms with Gasteiger partial charge in [-0.05, 0) is 49.2 Å². The van der Waals surface area contributed by atoms with E-state index in [1.165, 1.54) is 18.4 Å². The Morgan fingerprint density at radius 3 is 2.23 bits per heavy atom. The molecular formula is C18H22ClNO2. The highest BCUT2D eigenvalue weighted by atomic mass is 35.5. The molecule has 4 heteroatoms. The molecule has 1 heterocycles. The van der Waals surface area contributed by atoms with Crippen molar-refractivity contribution in [1.82, 2.24) is 5.32 Å². The molecule has 1 fully saturated rings. The lowest BCUT2D eigenvalue weighted by Gasteiger charge is -2.12. The Bertz CT molecular complexity index is 539. The fourth-order valence-corrected chi connectivity index (χ4v) is 2.47. The van der Waals surface area contributed by atoms with Crippen molar-refractivity contribution in [2.75, 3.05) is 13.2 Å². The predicted octanol–water partition coefficient (Wildman–Crippen LogP) is 3.82. The minimum atomic E-state index is 0. The zero-order chi connectivity index (χ0) is 14.3. The molecule has 0 aliphatic carbocycles. The van der Waals surface area contributed by atoms with E-state index in [0.29, 0.717) is 12.6 Å². The molecular weight excluding hydrogens is 298 g/mol. The summed E-state index contributed by atoms with van der Waals surface area (Å²) in [7, 11) is 0. The molecule has 0 saturated carbocycles. The molecule has 0 bridgehead atoms. The summed E-state index contributed by atoms with van der Waals surface area (Å²) >= 11 is 0. The fourth-order valence-electron chi connectivity index (χ4n) is 2.47. The summed E-state index contributed by atoms with van der Waals surface area (Å²) in [5.74, 6) is 1.76. The van der Waals surface area contributed by atoms with Crippen LogP contribution in [0.5, 0.6) is 11.5 Å². The predicted molar refractivity (Wildman–Crippen MR) is 91.0 cm³/mol. The van der Waals surface area contributed by atoms with Crippen molar-refractivity contribution in [3.05, 3.63) is 60.2 Å². The van der Waals surface area contributed by atoms with Crippen LogP contribution in [0.1, 0.15) is 18.4 Å². The number of benzene rings is 2. The molecule has 2 aromatic rings. The van der Waals surface area contributed by atoms with Crippen LogP contribution < -0.4 is 14.8 Å². The van der Waals surface area contributed by atoms with E-state index in [9.17, 15) is 0 Å². The first-order chi connectivity index (χ1) is 10.4. The number of hydrogen-bond donors (Lipinski definition) is 1. The van der Waals surface area contributed by atoms with E-state index in [-0.39, 0.29) is 12.4 Å². The summed E-state index contributed by atoms with van der Waals surface area (Å²) in [6.45, 7) is 2.44. The van der Waals surface area contributed by atoms with E-state index in [4.69, 9.17) is 9.47 Å². The van der Waals surface area contributed by atoms with Crippen LogP contribution in [0.3, 0.4) is 0 Å². The molecule has 1 aliphatic rings. The van der Waals surface area contributed by atoms with Gasteiger partial charge in [-0.25, -0.2) is 0 Å². The lowest BCUT2D eigenvalue weighted by Crippen LogP contribution is -2.28. The normalized spacial score (nSPS) is 16.8. The van der Waals surface area contributed by atoms with E-state index in [1.54, 1.807) is 0 Å². The van der Waals surface area contributed by atoms with Gasteiger partial charge in [0.1, 0.15) is 24.7 Å². The Morgan fingerprint density at radius 2 is 1.59 bits per heavy atom. The summed E-state index contributed by atoms with van der Waals surface area (Å²) < 4.78 is 11.5. The third-order valence-electron chi connectivity index (χ3n) is 3.69. The first-order valence-electron chi connectivity index (χ1n) is 7.53. The van der Waals surface area contributed by atoms with Crippen molar-refractivity contribution in [2.24, 2.45) is 0 Å². The van der Waals surface area contributed by atoms with E-state index >= 15 is 0 Å². The lowest BCUT2D eigenvalue weighted by molar-refractivity contribution is 0.275. The summed E-state index contributed by atoms with van der Waals surface area (Å²) in [5, 5.41) is 3.43. The molecule has 3 nitrogen and oxygen atoms in total. The van der Waals surface area contributed by atoms with Crippen molar-refractivity contribution in [3.63, 3.8) is 0 Å². The quantitative estimate of drug-likeness (QED) is 0.878. The van der Waals surface area contributed by atoms with E-state index in [1.807, 2.05) is 42.5 Å². The zero-order valence-corrected chi connectivity index (χ0v) is 13.4. The van der Waals surface area contributed by atoms with Crippen molar-refractivity contribution < 1.29 is 9.47 Å². The molecule has 2 aromatic carbocycles. The maximum absolute atomic E-state index is 5.79. The molecule has 3 rings (SSSR count). The number of nitrogens with one attached hydrogen (secondary N) is 1. The maximum atomic E-state index is 5.79. The van der Waals surface area contributed by atoms with Gasteiger partial charge in [0.25, 0.3) is 0 Å². The SMILES string of the molecule is Cl.c1ccc(COc2ccc(OCC3CCCN3)cc2)cc1. The average Bonchev–Trinajstić information content (AvgIpc) is 3.06. The van der Waals surface area contributed by atoms with Gasteiger partial charge < -0.3 is 14.8 Å². The Labute approximate surface area is 138 Å². The molecule has 22 heavy (non-hydrogen) atoms. The van der Waals surface area contributed by atoms with Crippen molar-refractivity contribution in [2.45, 2.75) is 25.5 Å². The average molecular weight is 320 g/mol. The molecule has 0 radical (unpaired) electrons. The Balaban J connectivity index is 0.00000176. The van der Waals surface area contributed by atoms with E-state index in [2.05, 4.69) is 17.4 Å². The molecule has 1 atom stereocenters. The molecule has 1 unspecified atom stereocenters. The first kappa shape index (κ1) is 16.7. The van der Waals surface area contributed by atoms with Crippen LogP contribution in [0.4, 0.5) is 0 Å². The highest BCUT2D eigenvalue weighted by Crippen LogP contribution is 2.19. The number of halogens is 1. The summed E-state index contributed by atoms with van der Waals surface area (Å²) in [4.78, 5) is 0. The van der Waals surface area contributed by atoms with Crippen molar-refractivity contribution >= 4 is 12.4 Å². The van der Waals surface area contributed by atoms with Gasteiger partial charge in [0, 0.05) is 6.04 Å². The highest BCUT2D eigenvalue weighted by Gasteiger charge is 2.14. The number of rotatable bonds is 6.